The van der Waals surface area contributed by atoms with Gasteiger partial charge in [0.2, 0.25) is 0 Å². The van der Waals surface area contributed by atoms with Gasteiger partial charge in [0.05, 0.1) is 12.2 Å². The van der Waals surface area contributed by atoms with Crippen molar-refractivity contribution in [2.45, 2.75) is 13.2 Å². The molecule has 0 aliphatic carbocycles. The van der Waals surface area contributed by atoms with E-state index in [0.29, 0.717) is 23.7 Å². The van der Waals surface area contributed by atoms with Gasteiger partial charge >= 0.3 is 0 Å². The lowest BCUT2D eigenvalue weighted by atomic mass is 10.1. The topological polar surface area (TPSA) is 47.4 Å². The highest BCUT2D eigenvalue weighted by Gasteiger charge is 2.14. The number of hydrogen-bond donors (Lipinski definition) is 0. The minimum absolute atomic E-state index is 0.0421. The lowest BCUT2D eigenvalue weighted by molar-refractivity contribution is 0.0782. The van der Waals surface area contributed by atoms with Crippen LogP contribution in [0.2, 0.25) is 5.02 Å². The van der Waals surface area contributed by atoms with Crippen molar-refractivity contribution in [3.63, 3.8) is 0 Å². The van der Waals surface area contributed by atoms with Crippen LogP contribution in [0.1, 0.15) is 21.6 Å². The van der Waals surface area contributed by atoms with Gasteiger partial charge in [-0.3, -0.25) is 9.48 Å². The Morgan fingerprint density at radius 3 is 2.65 bits per heavy atom. The molecular weight excluding hydrogens is 350 g/mol. The van der Waals surface area contributed by atoms with Crippen molar-refractivity contribution >= 4 is 17.5 Å². The van der Waals surface area contributed by atoms with E-state index < -0.39 is 0 Å². The Kier molecular flexibility index (Phi) is 5.58. The molecule has 2 aromatic carbocycles. The molecule has 3 aromatic rings. The SMILES string of the molecule is CN(Cc1ccnn1C)C(=O)c1cccc(COc2ccc(Cl)cc2)c1. The molecular formula is C20H20ClN3O2. The first-order valence-electron chi connectivity index (χ1n) is 8.22. The van der Waals surface area contributed by atoms with E-state index in [1.807, 2.05) is 49.5 Å². The fourth-order valence-electron chi connectivity index (χ4n) is 2.58. The maximum atomic E-state index is 12.7. The summed E-state index contributed by atoms with van der Waals surface area (Å²) in [4.78, 5) is 14.4. The van der Waals surface area contributed by atoms with Crippen molar-refractivity contribution in [3.05, 3.63) is 82.6 Å². The zero-order chi connectivity index (χ0) is 18.5. The zero-order valence-corrected chi connectivity index (χ0v) is 15.5. The second-order valence-corrected chi connectivity index (χ2v) is 6.49. The Bertz CT molecular complexity index is 890. The zero-order valence-electron chi connectivity index (χ0n) is 14.7. The summed E-state index contributed by atoms with van der Waals surface area (Å²) in [5.74, 6) is 0.694. The molecule has 0 aliphatic rings. The third-order valence-electron chi connectivity index (χ3n) is 4.06. The van der Waals surface area contributed by atoms with E-state index in [1.165, 1.54) is 0 Å². The standard InChI is InChI=1S/C20H20ClN3O2/c1-23(13-18-10-11-22-24(18)2)20(25)16-5-3-4-15(12-16)14-26-19-8-6-17(21)7-9-19/h3-12H,13-14H2,1-2H3. The van der Waals surface area contributed by atoms with Crippen molar-refractivity contribution in [1.82, 2.24) is 14.7 Å². The van der Waals surface area contributed by atoms with Crippen LogP contribution in [0.15, 0.2) is 60.8 Å². The number of nitrogens with zero attached hydrogens (tertiary/aromatic N) is 3. The molecule has 0 fully saturated rings. The Hall–Kier alpha value is -2.79. The molecule has 1 aromatic heterocycles. The third-order valence-corrected chi connectivity index (χ3v) is 4.31. The molecule has 134 valence electrons. The van der Waals surface area contributed by atoms with Crippen molar-refractivity contribution in [3.8, 4) is 5.75 Å². The normalized spacial score (nSPS) is 10.6. The van der Waals surface area contributed by atoms with E-state index in [2.05, 4.69) is 5.10 Å². The van der Waals surface area contributed by atoms with Gasteiger partial charge in [-0.05, 0) is 48.0 Å². The number of halogens is 1. The van der Waals surface area contributed by atoms with Crippen LogP contribution < -0.4 is 4.74 Å². The van der Waals surface area contributed by atoms with Gasteiger partial charge in [0.25, 0.3) is 5.91 Å². The van der Waals surface area contributed by atoms with Crippen LogP contribution in [0, 0.1) is 0 Å². The summed E-state index contributed by atoms with van der Waals surface area (Å²) in [7, 11) is 3.65. The largest absolute Gasteiger partial charge is 0.489 e. The van der Waals surface area contributed by atoms with E-state index in [-0.39, 0.29) is 5.91 Å². The summed E-state index contributed by atoms with van der Waals surface area (Å²) in [5, 5.41) is 4.80. The average molecular weight is 370 g/mol. The number of ether oxygens (including phenoxy) is 1. The minimum Gasteiger partial charge on any atom is -0.489 e. The van der Waals surface area contributed by atoms with Gasteiger partial charge in [-0.25, -0.2) is 0 Å². The molecule has 0 saturated carbocycles. The first-order chi connectivity index (χ1) is 12.5. The number of benzene rings is 2. The maximum Gasteiger partial charge on any atom is 0.253 e. The molecule has 0 saturated heterocycles. The van der Waals surface area contributed by atoms with Crippen LogP contribution in [0.25, 0.3) is 0 Å². The lowest BCUT2D eigenvalue weighted by Crippen LogP contribution is -2.27. The highest BCUT2D eigenvalue weighted by atomic mass is 35.5. The van der Waals surface area contributed by atoms with Gasteiger partial charge in [0.1, 0.15) is 12.4 Å². The molecule has 0 spiro atoms. The van der Waals surface area contributed by atoms with E-state index in [1.54, 1.807) is 35.0 Å². The molecule has 0 radical (unpaired) electrons. The Labute approximate surface area is 157 Å². The molecule has 3 rings (SSSR count). The van der Waals surface area contributed by atoms with E-state index in [4.69, 9.17) is 16.3 Å². The summed E-state index contributed by atoms with van der Waals surface area (Å²) < 4.78 is 7.51. The quantitative estimate of drug-likeness (QED) is 0.661. The number of carbonyl (C=O) groups is 1. The summed E-state index contributed by atoms with van der Waals surface area (Å²) in [6.45, 7) is 0.884. The van der Waals surface area contributed by atoms with Gasteiger partial charge in [-0.2, -0.15) is 5.10 Å². The van der Waals surface area contributed by atoms with Gasteiger partial charge in [-0.15, -0.1) is 0 Å². The van der Waals surface area contributed by atoms with Crippen LogP contribution in [0.4, 0.5) is 0 Å². The highest BCUT2D eigenvalue weighted by molar-refractivity contribution is 6.30. The first-order valence-corrected chi connectivity index (χ1v) is 8.60. The Morgan fingerprint density at radius 1 is 1.19 bits per heavy atom. The molecule has 0 N–H and O–H groups in total. The number of carbonyl (C=O) groups excluding carboxylic acids is 1. The summed E-state index contributed by atoms with van der Waals surface area (Å²) in [6.07, 6.45) is 1.72. The second kappa shape index (κ2) is 8.06. The summed E-state index contributed by atoms with van der Waals surface area (Å²) in [6, 6.07) is 16.6. The Morgan fingerprint density at radius 2 is 1.96 bits per heavy atom. The van der Waals surface area contributed by atoms with Crippen LogP contribution in [-0.2, 0) is 20.2 Å². The van der Waals surface area contributed by atoms with Crippen molar-refractivity contribution < 1.29 is 9.53 Å². The summed E-state index contributed by atoms with van der Waals surface area (Å²) >= 11 is 5.87. The number of aryl methyl sites for hydroxylation is 1. The summed E-state index contributed by atoms with van der Waals surface area (Å²) in [5.41, 5.74) is 2.54. The van der Waals surface area contributed by atoms with Crippen LogP contribution in [0.5, 0.6) is 5.75 Å². The number of aromatic nitrogens is 2. The number of rotatable bonds is 6. The number of amides is 1. The predicted molar refractivity (Wildman–Crippen MR) is 101 cm³/mol. The monoisotopic (exact) mass is 369 g/mol. The molecule has 1 amide bonds. The molecule has 0 atom stereocenters. The van der Waals surface area contributed by atoms with E-state index in [0.717, 1.165) is 17.0 Å². The Balaban J connectivity index is 1.65. The highest BCUT2D eigenvalue weighted by Crippen LogP contribution is 2.17. The lowest BCUT2D eigenvalue weighted by Gasteiger charge is -2.17. The first kappa shape index (κ1) is 18.0. The smallest absolute Gasteiger partial charge is 0.253 e. The van der Waals surface area contributed by atoms with Crippen molar-refractivity contribution in [2.75, 3.05) is 7.05 Å². The van der Waals surface area contributed by atoms with Crippen LogP contribution in [-0.4, -0.2) is 27.6 Å². The van der Waals surface area contributed by atoms with Crippen LogP contribution in [0.3, 0.4) is 0 Å². The predicted octanol–water partition coefficient (Wildman–Crippen LogP) is 3.92. The molecule has 0 unspecified atom stereocenters. The fourth-order valence-corrected chi connectivity index (χ4v) is 2.71. The van der Waals surface area contributed by atoms with Gasteiger partial charge < -0.3 is 9.64 Å². The molecule has 1 heterocycles. The average Bonchev–Trinajstić information content (AvgIpc) is 3.05. The maximum absolute atomic E-state index is 12.7. The van der Waals surface area contributed by atoms with Gasteiger partial charge in [0, 0.05) is 30.9 Å². The van der Waals surface area contributed by atoms with Gasteiger partial charge in [-0.1, -0.05) is 23.7 Å². The van der Waals surface area contributed by atoms with Crippen LogP contribution >= 0.6 is 11.6 Å². The molecule has 0 aliphatic heterocycles. The number of hydrogen-bond acceptors (Lipinski definition) is 3. The molecule has 26 heavy (non-hydrogen) atoms. The van der Waals surface area contributed by atoms with E-state index >= 15 is 0 Å². The van der Waals surface area contributed by atoms with Crippen molar-refractivity contribution in [2.24, 2.45) is 7.05 Å². The third kappa shape index (κ3) is 4.43. The van der Waals surface area contributed by atoms with Gasteiger partial charge in [0.15, 0.2) is 0 Å². The fraction of sp³-hybridized carbons (Fsp3) is 0.200. The molecule has 0 bridgehead atoms. The van der Waals surface area contributed by atoms with Crippen molar-refractivity contribution in [1.29, 1.82) is 0 Å². The molecule has 6 heteroatoms. The second-order valence-electron chi connectivity index (χ2n) is 6.05. The van der Waals surface area contributed by atoms with E-state index in [9.17, 15) is 4.79 Å². The minimum atomic E-state index is -0.0421. The molecule has 5 nitrogen and oxygen atoms in total.